The van der Waals surface area contributed by atoms with Crippen molar-refractivity contribution in [1.29, 1.82) is 0 Å². The molecule has 0 bridgehead atoms. The van der Waals surface area contributed by atoms with Crippen molar-refractivity contribution in [3.05, 3.63) is 109 Å². The molecule has 1 unspecified atom stereocenters. The molecule has 0 aliphatic heterocycles. The van der Waals surface area contributed by atoms with Crippen LogP contribution in [0.4, 0.5) is 0 Å². The molecule has 0 aromatic heterocycles. The van der Waals surface area contributed by atoms with Gasteiger partial charge in [0.2, 0.25) is 0 Å². The standard InChI is InChI=1S/C59H96O6/c1-4-7-10-13-16-19-22-25-28-29-32-34-37-40-43-46-49-52-58(61)64-55-56(65-59(62)53-50-47-44-41-38-35-31-27-24-21-18-15-12-9-6-3)54-63-57(60)51-48-45-42-39-36-33-30-26-23-20-17-14-11-8-5-2/h9,12,15,17-18,20-21,23-28,31-32,34,40,43,56H,4-8,10-11,13-14,16,19,22,29-30,33,35-39,41-42,44-55H2,1-3H3/b12-9-,18-15-,20-17-,24-21-,26-23-,28-25-,31-27-,34-32-,43-40-. The van der Waals surface area contributed by atoms with Crippen LogP contribution < -0.4 is 0 Å². The summed E-state index contributed by atoms with van der Waals surface area (Å²) in [5, 5.41) is 0. The average molecular weight is 901 g/mol. The van der Waals surface area contributed by atoms with Gasteiger partial charge in [0, 0.05) is 19.3 Å². The summed E-state index contributed by atoms with van der Waals surface area (Å²) in [7, 11) is 0. The first-order valence-corrected chi connectivity index (χ1v) is 26.5. The van der Waals surface area contributed by atoms with E-state index in [1.165, 1.54) is 83.5 Å². The third-order valence-electron chi connectivity index (χ3n) is 10.9. The lowest BCUT2D eigenvalue weighted by atomic mass is 10.1. The Morgan fingerprint density at radius 2 is 0.677 bits per heavy atom. The Morgan fingerprint density at radius 1 is 0.338 bits per heavy atom. The Balaban J connectivity index is 4.54. The topological polar surface area (TPSA) is 78.9 Å². The van der Waals surface area contributed by atoms with Gasteiger partial charge >= 0.3 is 17.9 Å². The van der Waals surface area contributed by atoms with Crippen LogP contribution in [-0.2, 0) is 28.6 Å². The van der Waals surface area contributed by atoms with Crippen molar-refractivity contribution in [2.24, 2.45) is 0 Å². The summed E-state index contributed by atoms with van der Waals surface area (Å²) in [6.07, 6.45) is 70.7. The predicted molar refractivity (Wildman–Crippen MR) is 279 cm³/mol. The molecule has 0 aliphatic carbocycles. The fraction of sp³-hybridized carbons (Fsp3) is 0.644. The molecule has 1 atom stereocenters. The minimum Gasteiger partial charge on any atom is -0.462 e. The first-order valence-electron chi connectivity index (χ1n) is 26.5. The van der Waals surface area contributed by atoms with Crippen LogP contribution in [0.25, 0.3) is 0 Å². The predicted octanol–water partition coefficient (Wildman–Crippen LogP) is 17.5. The van der Waals surface area contributed by atoms with Crippen LogP contribution in [0.15, 0.2) is 109 Å². The maximum Gasteiger partial charge on any atom is 0.306 e. The van der Waals surface area contributed by atoms with Crippen molar-refractivity contribution in [3.8, 4) is 0 Å². The van der Waals surface area contributed by atoms with Gasteiger partial charge in [0.15, 0.2) is 6.10 Å². The molecular formula is C59H96O6. The SMILES string of the molecule is CC\C=C/C=C\C=C/C=C\CCCCCCCC(=O)OC(COC(=O)CCC/C=C\C/C=C\C/C=C\CCCCCCCC)COC(=O)CCCCCCCC/C=C\C=C/CCCCC. The first kappa shape index (κ1) is 61.1. The molecule has 0 aromatic rings. The van der Waals surface area contributed by atoms with E-state index in [0.29, 0.717) is 12.8 Å². The number of hydrogen-bond donors (Lipinski definition) is 0. The highest BCUT2D eigenvalue weighted by Gasteiger charge is 2.19. The number of hydrogen-bond acceptors (Lipinski definition) is 6. The molecule has 6 heteroatoms. The lowest BCUT2D eigenvalue weighted by Gasteiger charge is -2.18. The summed E-state index contributed by atoms with van der Waals surface area (Å²) >= 11 is 0. The Hall–Kier alpha value is -3.93. The van der Waals surface area contributed by atoms with Gasteiger partial charge in [-0.1, -0.05) is 220 Å². The molecular weight excluding hydrogens is 805 g/mol. The quantitative estimate of drug-likeness (QED) is 0.0199. The van der Waals surface area contributed by atoms with E-state index in [1.807, 2.05) is 24.3 Å². The molecule has 0 saturated carbocycles. The highest BCUT2D eigenvalue weighted by Crippen LogP contribution is 2.13. The monoisotopic (exact) mass is 901 g/mol. The van der Waals surface area contributed by atoms with E-state index in [1.54, 1.807) is 0 Å². The molecule has 0 aliphatic rings. The second-order valence-corrected chi connectivity index (χ2v) is 17.2. The third kappa shape index (κ3) is 50.9. The van der Waals surface area contributed by atoms with Gasteiger partial charge in [0.25, 0.3) is 0 Å². The number of unbranched alkanes of at least 4 members (excludes halogenated alkanes) is 21. The largest absolute Gasteiger partial charge is 0.462 e. The highest BCUT2D eigenvalue weighted by atomic mass is 16.6. The van der Waals surface area contributed by atoms with Gasteiger partial charge in [-0.15, -0.1) is 0 Å². The minimum atomic E-state index is -0.817. The fourth-order valence-electron chi connectivity index (χ4n) is 6.87. The summed E-state index contributed by atoms with van der Waals surface area (Å²) in [5.41, 5.74) is 0. The van der Waals surface area contributed by atoms with E-state index < -0.39 is 6.10 Å². The fourth-order valence-corrected chi connectivity index (χ4v) is 6.87. The lowest BCUT2D eigenvalue weighted by molar-refractivity contribution is -0.167. The normalized spacial score (nSPS) is 13.0. The third-order valence-corrected chi connectivity index (χ3v) is 10.9. The Morgan fingerprint density at radius 3 is 1.18 bits per heavy atom. The summed E-state index contributed by atoms with van der Waals surface area (Å²) in [5.74, 6) is -1.00. The number of esters is 3. The number of carbonyl (C=O) groups is 3. The molecule has 368 valence electrons. The molecule has 0 spiro atoms. The number of ether oxygens (including phenoxy) is 3. The van der Waals surface area contributed by atoms with Gasteiger partial charge in [-0.3, -0.25) is 14.4 Å². The van der Waals surface area contributed by atoms with Gasteiger partial charge < -0.3 is 14.2 Å². The smallest absolute Gasteiger partial charge is 0.306 e. The molecule has 0 radical (unpaired) electrons. The van der Waals surface area contributed by atoms with Crippen molar-refractivity contribution >= 4 is 17.9 Å². The van der Waals surface area contributed by atoms with E-state index in [2.05, 4.69) is 106 Å². The summed E-state index contributed by atoms with van der Waals surface area (Å²) < 4.78 is 16.7. The van der Waals surface area contributed by atoms with Crippen LogP contribution in [-0.4, -0.2) is 37.2 Å². The molecule has 0 saturated heterocycles. The van der Waals surface area contributed by atoms with Crippen molar-refractivity contribution in [1.82, 2.24) is 0 Å². The molecule has 65 heavy (non-hydrogen) atoms. The van der Waals surface area contributed by atoms with Gasteiger partial charge in [-0.2, -0.15) is 0 Å². The van der Waals surface area contributed by atoms with Crippen LogP contribution in [0.3, 0.4) is 0 Å². The summed E-state index contributed by atoms with van der Waals surface area (Å²) in [4.78, 5) is 38.0. The van der Waals surface area contributed by atoms with E-state index in [4.69, 9.17) is 14.2 Å². The summed E-state index contributed by atoms with van der Waals surface area (Å²) in [6.45, 7) is 6.38. The van der Waals surface area contributed by atoms with Crippen molar-refractivity contribution in [3.63, 3.8) is 0 Å². The van der Waals surface area contributed by atoms with Crippen LogP contribution in [0.2, 0.25) is 0 Å². The molecule has 0 rings (SSSR count). The first-order chi connectivity index (χ1) is 32.0. The van der Waals surface area contributed by atoms with Gasteiger partial charge in [-0.05, 0) is 96.3 Å². The number of allylic oxidation sites excluding steroid dienone is 18. The van der Waals surface area contributed by atoms with E-state index in [9.17, 15) is 14.4 Å². The Labute approximate surface area is 400 Å². The lowest BCUT2D eigenvalue weighted by Crippen LogP contribution is -2.30. The molecule has 6 nitrogen and oxygen atoms in total. The van der Waals surface area contributed by atoms with Gasteiger partial charge in [0.1, 0.15) is 13.2 Å². The second kappa shape index (κ2) is 52.7. The van der Waals surface area contributed by atoms with Crippen LogP contribution >= 0.6 is 0 Å². The molecule has 0 amide bonds. The zero-order valence-corrected chi connectivity index (χ0v) is 42.0. The Bertz CT molecular complexity index is 1360. The zero-order chi connectivity index (χ0) is 47.2. The van der Waals surface area contributed by atoms with Crippen LogP contribution in [0.1, 0.15) is 226 Å². The number of carbonyl (C=O) groups excluding carboxylic acids is 3. The van der Waals surface area contributed by atoms with E-state index in [-0.39, 0.29) is 44.0 Å². The molecule has 0 aromatic carbocycles. The van der Waals surface area contributed by atoms with E-state index in [0.717, 1.165) is 96.3 Å². The van der Waals surface area contributed by atoms with Crippen molar-refractivity contribution in [2.45, 2.75) is 232 Å². The zero-order valence-electron chi connectivity index (χ0n) is 42.0. The maximum atomic E-state index is 12.8. The average Bonchev–Trinajstić information content (AvgIpc) is 3.30. The van der Waals surface area contributed by atoms with Crippen LogP contribution in [0.5, 0.6) is 0 Å². The molecule has 0 N–H and O–H groups in total. The van der Waals surface area contributed by atoms with Crippen molar-refractivity contribution in [2.75, 3.05) is 13.2 Å². The molecule has 0 fully saturated rings. The van der Waals surface area contributed by atoms with Crippen LogP contribution in [0, 0.1) is 0 Å². The van der Waals surface area contributed by atoms with Gasteiger partial charge in [0.05, 0.1) is 0 Å². The minimum absolute atomic E-state index is 0.112. The molecule has 0 heterocycles. The Kier molecular flexibility index (Phi) is 49.5. The maximum absolute atomic E-state index is 12.8. The van der Waals surface area contributed by atoms with Gasteiger partial charge in [-0.25, -0.2) is 0 Å². The van der Waals surface area contributed by atoms with E-state index >= 15 is 0 Å². The highest BCUT2D eigenvalue weighted by molar-refractivity contribution is 5.71. The number of rotatable bonds is 46. The van der Waals surface area contributed by atoms with Crippen molar-refractivity contribution < 1.29 is 28.6 Å². The second-order valence-electron chi connectivity index (χ2n) is 17.2. The summed E-state index contributed by atoms with van der Waals surface area (Å²) in [6, 6.07) is 0.